The summed E-state index contributed by atoms with van der Waals surface area (Å²) in [5, 5.41) is 0.439. The molecule has 10 heteroatoms. The zero-order valence-electron chi connectivity index (χ0n) is 15.8. The van der Waals surface area contributed by atoms with E-state index >= 15 is 0 Å². The number of methoxy groups -OCH3 is 1. The number of alkyl halides is 3. The maximum atomic E-state index is 13.3. The Kier molecular flexibility index (Phi) is 5.14. The van der Waals surface area contributed by atoms with E-state index in [-0.39, 0.29) is 10.1 Å². The topological polar surface area (TPSA) is 69.7 Å². The third kappa shape index (κ3) is 3.72. The van der Waals surface area contributed by atoms with Crippen LogP contribution in [0, 0.1) is 0 Å². The van der Waals surface area contributed by atoms with Crippen LogP contribution < -0.4 is 14.3 Å². The Bertz CT molecular complexity index is 1460. The molecule has 5 nitrogen and oxygen atoms in total. The summed E-state index contributed by atoms with van der Waals surface area (Å²) >= 11 is 0.978. The molecule has 1 heterocycles. The van der Waals surface area contributed by atoms with Crippen molar-refractivity contribution in [1.82, 2.24) is 0 Å². The van der Waals surface area contributed by atoms with E-state index in [1.165, 1.54) is 13.2 Å². The molecule has 0 unspecified atom stereocenters. The van der Waals surface area contributed by atoms with Gasteiger partial charge < -0.3 is 8.92 Å². The van der Waals surface area contributed by atoms with Crippen molar-refractivity contribution in [2.45, 2.75) is 5.51 Å². The lowest BCUT2D eigenvalue weighted by atomic mass is 10.00. The Morgan fingerprint density at radius 3 is 2.26 bits per heavy atom. The molecule has 4 aromatic rings. The number of ether oxygens (including phenoxy) is 1. The summed E-state index contributed by atoms with van der Waals surface area (Å²) in [6.45, 7) is 0. The van der Waals surface area contributed by atoms with Gasteiger partial charge in [-0.2, -0.15) is 21.6 Å². The van der Waals surface area contributed by atoms with E-state index in [9.17, 15) is 26.4 Å². The minimum atomic E-state index is -5.91. The van der Waals surface area contributed by atoms with Gasteiger partial charge in [0.05, 0.1) is 17.2 Å². The highest BCUT2D eigenvalue weighted by Gasteiger charge is 2.48. The van der Waals surface area contributed by atoms with Gasteiger partial charge >= 0.3 is 15.6 Å². The number of benzene rings is 3. The average molecular weight is 466 g/mol. The Morgan fingerprint density at radius 1 is 0.935 bits per heavy atom. The molecule has 0 bridgehead atoms. The first-order valence-electron chi connectivity index (χ1n) is 8.76. The minimum absolute atomic E-state index is 0.00448. The second-order valence-corrected chi connectivity index (χ2v) is 9.04. The number of halogens is 3. The molecule has 0 aliphatic carbocycles. The number of hydrogen-bond donors (Lipinski definition) is 0. The van der Waals surface area contributed by atoms with Gasteiger partial charge in [-0.25, -0.2) is 0 Å². The smallest absolute Gasteiger partial charge is 0.497 e. The molecule has 0 radical (unpaired) electrons. The second kappa shape index (κ2) is 7.54. The highest BCUT2D eigenvalue weighted by atomic mass is 32.2. The van der Waals surface area contributed by atoms with E-state index in [1.54, 1.807) is 48.5 Å². The van der Waals surface area contributed by atoms with Crippen LogP contribution in [0.4, 0.5) is 13.2 Å². The highest BCUT2D eigenvalue weighted by molar-refractivity contribution is 7.88. The van der Waals surface area contributed by atoms with Crippen LogP contribution in [0.5, 0.6) is 11.5 Å². The van der Waals surface area contributed by atoms with Gasteiger partial charge in [0.15, 0.2) is 11.2 Å². The molecule has 31 heavy (non-hydrogen) atoms. The molecule has 0 aliphatic rings. The van der Waals surface area contributed by atoms with Crippen LogP contribution in [0.15, 0.2) is 65.5 Å². The Morgan fingerprint density at radius 2 is 1.61 bits per heavy atom. The zero-order valence-corrected chi connectivity index (χ0v) is 17.4. The fourth-order valence-electron chi connectivity index (χ4n) is 3.12. The Hall–Kier alpha value is -3.11. The lowest BCUT2D eigenvalue weighted by Crippen LogP contribution is -2.28. The Labute approximate surface area is 178 Å². The SMILES string of the molecule is COc1ccc(-c2ccc(OS(=O)(=O)C(F)(F)F)c3sc4ccccc4c(=O)c23)cc1. The summed E-state index contributed by atoms with van der Waals surface area (Å²) in [4.78, 5) is 13.3. The van der Waals surface area contributed by atoms with Crippen LogP contribution in [0.1, 0.15) is 0 Å². The van der Waals surface area contributed by atoms with Crippen LogP contribution in [-0.2, 0) is 10.1 Å². The van der Waals surface area contributed by atoms with Gasteiger partial charge in [0, 0.05) is 10.1 Å². The largest absolute Gasteiger partial charge is 0.534 e. The number of hydrogen-bond acceptors (Lipinski definition) is 6. The van der Waals surface area contributed by atoms with E-state index in [1.807, 2.05) is 0 Å². The molecule has 0 atom stereocenters. The van der Waals surface area contributed by atoms with Crippen molar-refractivity contribution >= 4 is 41.6 Å². The quantitative estimate of drug-likeness (QED) is 0.231. The fourth-order valence-corrected chi connectivity index (χ4v) is 4.80. The first-order chi connectivity index (χ1) is 14.6. The minimum Gasteiger partial charge on any atom is -0.497 e. The van der Waals surface area contributed by atoms with Crippen LogP contribution in [0.3, 0.4) is 0 Å². The van der Waals surface area contributed by atoms with Crippen LogP contribution in [0.25, 0.3) is 31.3 Å². The third-order valence-corrected chi connectivity index (χ3v) is 6.73. The molecule has 0 N–H and O–H groups in total. The summed E-state index contributed by atoms with van der Waals surface area (Å²) in [5.74, 6) is 0.0253. The zero-order chi connectivity index (χ0) is 22.4. The summed E-state index contributed by atoms with van der Waals surface area (Å²) in [6, 6.07) is 15.8. The number of fused-ring (bicyclic) bond motifs is 2. The molecule has 0 saturated heterocycles. The van der Waals surface area contributed by atoms with Gasteiger partial charge in [0.1, 0.15) is 5.75 Å². The first kappa shape index (κ1) is 21.1. The van der Waals surface area contributed by atoms with Crippen molar-refractivity contribution in [3.63, 3.8) is 0 Å². The van der Waals surface area contributed by atoms with E-state index < -0.39 is 26.8 Å². The molecular weight excluding hydrogens is 453 g/mol. The maximum absolute atomic E-state index is 13.3. The highest BCUT2D eigenvalue weighted by Crippen LogP contribution is 2.40. The molecule has 0 aliphatic heterocycles. The lowest BCUT2D eigenvalue weighted by Gasteiger charge is -2.14. The van der Waals surface area contributed by atoms with Crippen molar-refractivity contribution in [2.24, 2.45) is 0 Å². The normalized spacial score (nSPS) is 12.3. The fraction of sp³-hybridized carbons (Fsp3) is 0.0952. The molecule has 0 saturated carbocycles. The van der Waals surface area contributed by atoms with Gasteiger partial charge in [-0.3, -0.25) is 4.79 Å². The van der Waals surface area contributed by atoms with Crippen molar-refractivity contribution in [3.8, 4) is 22.6 Å². The standard InChI is InChI=1S/C21H13F3O5S2/c1-28-13-8-6-12(7-9-13)14-10-11-16(29-31(26,27)21(22,23)24)20-18(14)19(25)15-4-2-3-5-17(15)30-20/h2-11H,1H3. The second-order valence-electron chi connectivity index (χ2n) is 6.45. The molecule has 4 rings (SSSR count). The molecule has 3 aromatic carbocycles. The summed E-state index contributed by atoms with van der Waals surface area (Å²) in [5.41, 5.74) is -5.00. The number of rotatable bonds is 4. The average Bonchev–Trinajstić information content (AvgIpc) is 2.73. The van der Waals surface area contributed by atoms with Gasteiger partial charge in [-0.1, -0.05) is 24.3 Å². The molecule has 160 valence electrons. The van der Waals surface area contributed by atoms with Crippen molar-refractivity contribution in [2.75, 3.05) is 7.11 Å². The van der Waals surface area contributed by atoms with E-state index in [0.717, 1.165) is 17.4 Å². The van der Waals surface area contributed by atoms with Crippen LogP contribution in [0.2, 0.25) is 0 Å². The lowest BCUT2D eigenvalue weighted by molar-refractivity contribution is -0.0499. The summed E-state index contributed by atoms with van der Waals surface area (Å²) in [6.07, 6.45) is 0. The molecule has 0 fully saturated rings. The monoisotopic (exact) mass is 466 g/mol. The molecule has 0 amide bonds. The first-order valence-corrected chi connectivity index (χ1v) is 11.0. The molecule has 1 aromatic heterocycles. The molecular formula is C21H13F3O5S2. The van der Waals surface area contributed by atoms with E-state index in [2.05, 4.69) is 4.18 Å². The van der Waals surface area contributed by atoms with Gasteiger partial charge in [0.2, 0.25) is 0 Å². The predicted molar refractivity (Wildman–Crippen MR) is 113 cm³/mol. The predicted octanol–water partition coefficient (Wildman–Crippen LogP) is 5.32. The van der Waals surface area contributed by atoms with Gasteiger partial charge in [-0.15, -0.1) is 11.3 Å². The maximum Gasteiger partial charge on any atom is 0.534 e. The Balaban J connectivity index is 2.05. The van der Waals surface area contributed by atoms with Gasteiger partial charge in [-0.05, 0) is 47.5 Å². The van der Waals surface area contributed by atoms with Crippen LogP contribution >= 0.6 is 11.3 Å². The van der Waals surface area contributed by atoms with E-state index in [4.69, 9.17) is 4.74 Å². The van der Waals surface area contributed by atoms with Crippen LogP contribution in [-0.4, -0.2) is 21.0 Å². The summed E-state index contributed by atoms with van der Waals surface area (Å²) < 4.78 is 71.9. The molecule has 0 spiro atoms. The van der Waals surface area contributed by atoms with Crippen molar-refractivity contribution < 1.29 is 30.5 Å². The summed E-state index contributed by atoms with van der Waals surface area (Å²) in [7, 11) is -4.41. The van der Waals surface area contributed by atoms with Crippen molar-refractivity contribution in [3.05, 3.63) is 70.9 Å². The van der Waals surface area contributed by atoms with E-state index in [0.29, 0.717) is 27.0 Å². The third-order valence-electron chi connectivity index (χ3n) is 4.58. The van der Waals surface area contributed by atoms with Gasteiger partial charge in [0.25, 0.3) is 0 Å². The van der Waals surface area contributed by atoms with Crippen molar-refractivity contribution in [1.29, 1.82) is 0 Å².